The van der Waals surface area contributed by atoms with E-state index in [1.54, 1.807) is 18.4 Å². The van der Waals surface area contributed by atoms with Crippen LogP contribution in [-0.4, -0.2) is 42.6 Å². The average molecular weight is 388 g/mol. The molecule has 0 atom stereocenters. The first-order valence-electron chi connectivity index (χ1n) is 9.04. The second kappa shape index (κ2) is 9.01. The molecule has 0 bridgehead atoms. The van der Waals surface area contributed by atoms with E-state index in [9.17, 15) is 4.79 Å². The first kappa shape index (κ1) is 19.4. The number of thiazole rings is 1. The predicted molar refractivity (Wildman–Crippen MR) is 108 cm³/mol. The molecule has 0 unspecified atom stereocenters. The third kappa shape index (κ3) is 4.87. The summed E-state index contributed by atoms with van der Waals surface area (Å²) in [5.74, 6) is 0.912. The largest absolute Gasteiger partial charge is 0.493 e. The molecule has 27 heavy (non-hydrogen) atoms. The van der Waals surface area contributed by atoms with Gasteiger partial charge in [0.1, 0.15) is 0 Å². The zero-order valence-corrected chi connectivity index (χ0v) is 16.6. The third-order valence-corrected chi connectivity index (χ3v) is 5.47. The Morgan fingerprint density at radius 1 is 1.44 bits per heavy atom. The molecule has 7 heteroatoms. The Morgan fingerprint density at radius 2 is 2.30 bits per heavy atom. The van der Waals surface area contributed by atoms with E-state index in [4.69, 9.17) is 9.47 Å². The zero-order chi connectivity index (χ0) is 19.2. The van der Waals surface area contributed by atoms with Crippen LogP contribution in [-0.2, 0) is 24.2 Å². The lowest BCUT2D eigenvalue weighted by atomic mass is 10.1. The molecule has 0 spiro atoms. The van der Waals surface area contributed by atoms with Crippen LogP contribution in [0.2, 0.25) is 0 Å². The van der Waals surface area contributed by atoms with Gasteiger partial charge in [0.15, 0.2) is 23.2 Å². The lowest BCUT2D eigenvalue weighted by Crippen LogP contribution is -2.29. The summed E-state index contributed by atoms with van der Waals surface area (Å²) in [6, 6.07) is 5.64. The number of hydrogen-bond acceptors (Lipinski definition) is 6. The molecule has 2 heterocycles. The van der Waals surface area contributed by atoms with Crippen LogP contribution in [0.15, 0.2) is 30.9 Å². The van der Waals surface area contributed by atoms with Crippen LogP contribution in [0.3, 0.4) is 0 Å². The number of amides is 1. The van der Waals surface area contributed by atoms with Crippen molar-refractivity contribution >= 4 is 22.4 Å². The molecule has 1 aliphatic rings. The Morgan fingerprint density at radius 3 is 3.04 bits per heavy atom. The molecule has 3 rings (SSSR count). The number of nitrogens with zero attached hydrogens (tertiary/aromatic N) is 2. The van der Waals surface area contributed by atoms with E-state index in [-0.39, 0.29) is 12.5 Å². The highest BCUT2D eigenvalue weighted by Crippen LogP contribution is 2.29. The summed E-state index contributed by atoms with van der Waals surface area (Å²) in [5, 5.41) is 3.48. The number of rotatable bonds is 8. The summed E-state index contributed by atoms with van der Waals surface area (Å²) in [6.07, 6.45) is 3.51. The van der Waals surface area contributed by atoms with Crippen LogP contribution in [0.25, 0.3) is 0 Å². The normalized spacial score (nSPS) is 13.7. The van der Waals surface area contributed by atoms with E-state index < -0.39 is 0 Å². The van der Waals surface area contributed by atoms with Crippen LogP contribution in [0.1, 0.15) is 23.1 Å². The van der Waals surface area contributed by atoms with E-state index in [1.165, 1.54) is 4.88 Å². The molecule has 0 aliphatic carbocycles. The number of anilines is 1. The number of allylic oxidation sites excluding steroid dienone is 1. The first-order chi connectivity index (χ1) is 13.1. The number of likely N-dealkylation sites (N-methyl/N-ethyl adjacent to an activating group) is 1. The molecule has 1 aromatic heterocycles. The number of carbonyl (C=O) groups is 1. The van der Waals surface area contributed by atoms with Gasteiger partial charge in [0.25, 0.3) is 5.91 Å². The van der Waals surface area contributed by atoms with Gasteiger partial charge in [0.2, 0.25) is 0 Å². The van der Waals surface area contributed by atoms with Crippen molar-refractivity contribution in [1.82, 2.24) is 9.88 Å². The molecule has 1 aliphatic heterocycles. The number of hydrogen-bond donors (Lipinski definition) is 1. The van der Waals surface area contributed by atoms with Gasteiger partial charge in [-0.05, 0) is 30.7 Å². The van der Waals surface area contributed by atoms with Crippen molar-refractivity contribution < 1.29 is 14.3 Å². The fourth-order valence-corrected chi connectivity index (χ4v) is 4.06. The number of benzene rings is 1. The fraction of sp³-hybridized carbons (Fsp3) is 0.400. The summed E-state index contributed by atoms with van der Waals surface area (Å²) in [7, 11) is 1.58. The highest BCUT2D eigenvalue weighted by atomic mass is 32.1. The third-order valence-electron chi connectivity index (χ3n) is 4.47. The maximum Gasteiger partial charge on any atom is 0.264 e. The maximum absolute atomic E-state index is 12.3. The summed E-state index contributed by atoms with van der Waals surface area (Å²) in [4.78, 5) is 20.4. The van der Waals surface area contributed by atoms with Gasteiger partial charge >= 0.3 is 0 Å². The van der Waals surface area contributed by atoms with Gasteiger partial charge in [-0.15, -0.1) is 17.9 Å². The smallest absolute Gasteiger partial charge is 0.264 e. The van der Waals surface area contributed by atoms with Gasteiger partial charge in [0, 0.05) is 24.4 Å². The van der Waals surface area contributed by atoms with Crippen LogP contribution in [0, 0.1) is 0 Å². The minimum atomic E-state index is -0.231. The average Bonchev–Trinajstić information content (AvgIpc) is 3.08. The molecule has 1 aromatic carbocycles. The van der Waals surface area contributed by atoms with Crippen molar-refractivity contribution in [3.8, 4) is 11.5 Å². The molecule has 144 valence electrons. The Hall–Kier alpha value is -2.38. The second-order valence-electron chi connectivity index (χ2n) is 6.32. The SMILES string of the molecule is C=CCc1ccc(OCC(=O)Nc2nc3c(s2)CN(CC)CC3)c(OC)c1. The molecular formula is C20H25N3O3S. The molecule has 0 radical (unpaired) electrons. The topological polar surface area (TPSA) is 63.7 Å². The second-order valence-corrected chi connectivity index (χ2v) is 7.41. The molecular weight excluding hydrogens is 362 g/mol. The van der Waals surface area contributed by atoms with E-state index in [0.717, 1.165) is 43.7 Å². The van der Waals surface area contributed by atoms with Gasteiger partial charge in [-0.3, -0.25) is 15.0 Å². The quantitative estimate of drug-likeness (QED) is 0.705. The molecule has 0 saturated heterocycles. The van der Waals surface area contributed by atoms with E-state index >= 15 is 0 Å². The standard InChI is InChI=1S/C20H25N3O3S/c1-4-6-14-7-8-16(17(11-14)25-3)26-13-19(24)22-20-21-15-9-10-23(5-2)12-18(15)27-20/h4,7-8,11H,1,5-6,9-10,12-13H2,2-3H3,(H,21,22,24). The van der Waals surface area contributed by atoms with Crippen molar-refractivity contribution in [1.29, 1.82) is 0 Å². The number of ether oxygens (including phenoxy) is 2. The van der Waals surface area contributed by atoms with Gasteiger partial charge in [-0.25, -0.2) is 4.98 Å². The highest BCUT2D eigenvalue weighted by molar-refractivity contribution is 7.15. The number of carbonyl (C=O) groups excluding carboxylic acids is 1. The van der Waals surface area contributed by atoms with E-state index in [2.05, 4.69) is 28.7 Å². The van der Waals surface area contributed by atoms with Crippen molar-refractivity contribution in [3.05, 3.63) is 47.0 Å². The van der Waals surface area contributed by atoms with Crippen molar-refractivity contribution in [2.24, 2.45) is 0 Å². The lowest BCUT2D eigenvalue weighted by molar-refractivity contribution is -0.118. The Bertz CT molecular complexity index is 819. The lowest BCUT2D eigenvalue weighted by Gasteiger charge is -2.23. The van der Waals surface area contributed by atoms with E-state index in [0.29, 0.717) is 16.6 Å². The van der Waals surface area contributed by atoms with Gasteiger partial charge in [-0.1, -0.05) is 19.1 Å². The van der Waals surface area contributed by atoms with Crippen LogP contribution >= 0.6 is 11.3 Å². The minimum absolute atomic E-state index is 0.0947. The van der Waals surface area contributed by atoms with Crippen LogP contribution in [0.4, 0.5) is 5.13 Å². The van der Waals surface area contributed by atoms with Gasteiger partial charge in [0.05, 0.1) is 12.8 Å². The summed E-state index contributed by atoms with van der Waals surface area (Å²) in [6.45, 7) is 8.75. The van der Waals surface area contributed by atoms with Crippen molar-refractivity contribution in [2.45, 2.75) is 26.3 Å². The van der Waals surface area contributed by atoms with Crippen LogP contribution < -0.4 is 14.8 Å². The fourth-order valence-electron chi connectivity index (χ4n) is 3.00. The van der Waals surface area contributed by atoms with Crippen molar-refractivity contribution in [2.75, 3.05) is 32.1 Å². The summed E-state index contributed by atoms with van der Waals surface area (Å²) >= 11 is 1.55. The molecule has 0 saturated carbocycles. The predicted octanol–water partition coefficient (Wildman–Crippen LogP) is 3.28. The van der Waals surface area contributed by atoms with Crippen molar-refractivity contribution in [3.63, 3.8) is 0 Å². The molecule has 1 N–H and O–H groups in total. The highest BCUT2D eigenvalue weighted by Gasteiger charge is 2.20. The number of aromatic nitrogens is 1. The molecule has 6 nitrogen and oxygen atoms in total. The Balaban J connectivity index is 1.57. The molecule has 0 fully saturated rings. The first-order valence-corrected chi connectivity index (χ1v) is 9.86. The maximum atomic E-state index is 12.3. The summed E-state index contributed by atoms with van der Waals surface area (Å²) in [5.41, 5.74) is 2.17. The van der Waals surface area contributed by atoms with E-state index in [1.807, 2.05) is 24.3 Å². The van der Waals surface area contributed by atoms with Crippen LogP contribution in [0.5, 0.6) is 11.5 Å². The van der Waals surface area contributed by atoms with Gasteiger partial charge < -0.3 is 9.47 Å². The Labute approximate surface area is 163 Å². The summed E-state index contributed by atoms with van der Waals surface area (Å²) < 4.78 is 11.0. The Kier molecular flexibility index (Phi) is 6.47. The zero-order valence-electron chi connectivity index (χ0n) is 15.8. The monoisotopic (exact) mass is 387 g/mol. The number of fused-ring (bicyclic) bond motifs is 1. The number of methoxy groups -OCH3 is 1. The molecule has 1 amide bonds. The molecule has 2 aromatic rings. The number of nitrogens with one attached hydrogen (secondary N) is 1. The van der Waals surface area contributed by atoms with Gasteiger partial charge in [-0.2, -0.15) is 0 Å². The minimum Gasteiger partial charge on any atom is -0.493 e.